The van der Waals surface area contributed by atoms with Crippen molar-refractivity contribution in [2.45, 2.75) is 64.3 Å². The van der Waals surface area contributed by atoms with Gasteiger partial charge in [-0.2, -0.15) is 0 Å². The van der Waals surface area contributed by atoms with Gasteiger partial charge in [-0.3, -0.25) is 4.21 Å². The fraction of sp³-hybridized carbons (Fsp3) is 1.00. The van der Waals surface area contributed by atoms with Crippen molar-refractivity contribution in [2.75, 3.05) is 12.0 Å². The summed E-state index contributed by atoms with van der Waals surface area (Å²) in [4.78, 5) is 0. The third-order valence-electron chi connectivity index (χ3n) is 3.06. The van der Waals surface area contributed by atoms with Gasteiger partial charge in [-0.25, -0.2) is 0 Å². The zero-order valence-corrected chi connectivity index (χ0v) is 11.7. The van der Waals surface area contributed by atoms with Crippen LogP contribution in [-0.2, 0) is 15.5 Å². The van der Waals surface area contributed by atoms with E-state index in [9.17, 15) is 4.21 Å². The van der Waals surface area contributed by atoms with Crippen LogP contribution in [0.25, 0.3) is 0 Å². The van der Waals surface area contributed by atoms with E-state index in [2.05, 4.69) is 26.1 Å². The summed E-state index contributed by atoms with van der Waals surface area (Å²) in [6.45, 7) is 6.45. The van der Waals surface area contributed by atoms with Gasteiger partial charge in [-0.15, -0.1) is 0 Å². The smallest absolute Gasteiger partial charge is 0.0565 e. The highest BCUT2D eigenvalue weighted by atomic mass is 32.2. The third kappa shape index (κ3) is 5.41. The molecule has 0 bridgehead atoms. The summed E-state index contributed by atoms with van der Waals surface area (Å²) in [6.07, 6.45) is 5.64. The Labute approximate surface area is 102 Å². The maximum atomic E-state index is 11.0. The van der Waals surface area contributed by atoms with Crippen LogP contribution < -0.4 is 5.32 Å². The summed E-state index contributed by atoms with van der Waals surface area (Å²) in [7, 11) is -0.671. The first kappa shape index (κ1) is 14.1. The summed E-state index contributed by atoms with van der Waals surface area (Å²) in [5.41, 5.74) is 0. The molecule has 0 aromatic carbocycles. The summed E-state index contributed by atoms with van der Waals surface area (Å²) in [5.74, 6) is 0.794. The molecule has 1 aliphatic heterocycles. The van der Waals surface area contributed by atoms with Gasteiger partial charge in [-0.05, 0) is 40.0 Å². The van der Waals surface area contributed by atoms with E-state index >= 15 is 0 Å². The lowest BCUT2D eigenvalue weighted by Gasteiger charge is -2.34. The lowest BCUT2D eigenvalue weighted by atomic mass is 9.99. The van der Waals surface area contributed by atoms with Crippen molar-refractivity contribution in [1.82, 2.24) is 5.32 Å². The quantitative estimate of drug-likeness (QED) is 0.803. The van der Waals surface area contributed by atoms with Gasteiger partial charge in [0.05, 0.1) is 12.2 Å². The van der Waals surface area contributed by atoms with Crippen molar-refractivity contribution >= 4 is 10.8 Å². The average molecular weight is 247 g/mol. The molecule has 4 heteroatoms. The van der Waals surface area contributed by atoms with Crippen molar-refractivity contribution in [3.63, 3.8) is 0 Å². The van der Waals surface area contributed by atoms with Crippen LogP contribution in [0.4, 0.5) is 0 Å². The Morgan fingerprint density at radius 1 is 1.38 bits per heavy atom. The van der Waals surface area contributed by atoms with Crippen molar-refractivity contribution in [3.8, 4) is 0 Å². The van der Waals surface area contributed by atoms with E-state index in [1.165, 1.54) is 0 Å². The van der Waals surface area contributed by atoms with Crippen LogP contribution in [0.15, 0.2) is 0 Å². The second-order valence-electron chi connectivity index (χ2n) is 5.06. The average Bonchev–Trinajstić information content (AvgIpc) is 2.12. The van der Waals surface area contributed by atoms with Crippen molar-refractivity contribution in [2.24, 2.45) is 0 Å². The first-order valence-electron chi connectivity index (χ1n) is 6.19. The molecule has 96 valence electrons. The Hall–Kier alpha value is 0.0700. The zero-order valence-electron chi connectivity index (χ0n) is 10.9. The second kappa shape index (κ2) is 6.72. The molecule has 1 fully saturated rings. The number of hydrogen-bond acceptors (Lipinski definition) is 3. The Morgan fingerprint density at radius 3 is 2.44 bits per heavy atom. The van der Waals surface area contributed by atoms with Gasteiger partial charge in [0.15, 0.2) is 0 Å². The van der Waals surface area contributed by atoms with Crippen LogP contribution in [0.1, 0.15) is 40.0 Å². The van der Waals surface area contributed by atoms with Gasteiger partial charge < -0.3 is 10.1 Å². The zero-order chi connectivity index (χ0) is 12.1. The van der Waals surface area contributed by atoms with E-state index in [1.54, 1.807) is 6.26 Å². The Kier molecular flexibility index (Phi) is 5.94. The molecule has 0 amide bonds. The minimum atomic E-state index is -0.671. The van der Waals surface area contributed by atoms with Crippen molar-refractivity contribution in [1.29, 1.82) is 0 Å². The lowest BCUT2D eigenvalue weighted by molar-refractivity contribution is -0.0433. The molecular formula is C12H25NO2S. The topological polar surface area (TPSA) is 38.3 Å². The predicted octanol–water partition coefficient (Wildman–Crippen LogP) is 1.69. The summed E-state index contributed by atoms with van der Waals surface area (Å²) >= 11 is 0. The van der Waals surface area contributed by atoms with Crippen LogP contribution >= 0.6 is 0 Å². The second-order valence-corrected chi connectivity index (χ2v) is 6.61. The summed E-state index contributed by atoms with van der Waals surface area (Å²) in [6, 6.07) is 1.01. The molecule has 1 rings (SSSR count). The predicted molar refractivity (Wildman–Crippen MR) is 69.2 cm³/mol. The van der Waals surface area contributed by atoms with E-state index in [0.717, 1.165) is 25.0 Å². The highest BCUT2D eigenvalue weighted by Crippen LogP contribution is 2.19. The van der Waals surface area contributed by atoms with E-state index in [4.69, 9.17) is 4.74 Å². The van der Waals surface area contributed by atoms with Crippen molar-refractivity contribution < 1.29 is 8.95 Å². The summed E-state index contributed by atoms with van der Waals surface area (Å²) < 4.78 is 16.7. The Bertz CT molecular complexity index is 225. The molecule has 0 saturated carbocycles. The van der Waals surface area contributed by atoms with E-state index in [0.29, 0.717) is 24.3 Å². The largest absolute Gasteiger partial charge is 0.375 e. The molecule has 1 saturated heterocycles. The normalized spacial score (nSPS) is 34.6. The van der Waals surface area contributed by atoms with Crippen molar-refractivity contribution in [3.05, 3.63) is 0 Å². The SMILES string of the molecule is CC(CCS(C)=O)NC1CC(C)OC(C)C1. The number of rotatable bonds is 5. The molecule has 4 atom stereocenters. The van der Waals surface area contributed by atoms with Gasteiger partial charge in [0, 0.05) is 34.9 Å². The molecule has 0 spiro atoms. The van der Waals surface area contributed by atoms with E-state index < -0.39 is 10.8 Å². The Morgan fingerprint density at radius 2 is 1.94 bits per heavy atom. The van der Waals surface area contributed by atoms with Crippen LogP contribution in [0.3, 0.4) is 0 Å². The molecule has 16 heavy (non-hydrogen) atoms. The fourth-order valence-electron chi connectivity index (χ4n) is 2.37. The first-order chi connectivity index (χ1) is 7.47. The number of nitrogens with one attached hydrogen (secondary N) is 1. The molecule has 0 aromatic heterocycles. The van der Waals surface area contributed by atoms with Gasteiger partial charge in [0.1, 0.15) is 0 Å². The maximum Gasteiger partial charge on any atom is 0.0565 e. The van der Waals surface area contributed by atoms with Gasteiger partial charge in [0.2, 0.25) is 0 Å². The minimum absolute atomic E-state index is 0.355. The van der Waals surface area contributed by atoms with Crippen LogP contribution in [0.5, 0.6) is 0 Å². The van der Waals surface area contributed by atoms with Crippen LogP contribution in [-0.4, -0.2) is 40.5 Å². The molecule has 4 unspecified atom stereocenters. The molecule has 0 aromatic rings. The molecule has 1 aliphatic rings. The molecule has 1 N–H and O–H groups in total. The molecule has 1 heterocycles. The van der Waals surface area contributed by atoms with Crippen LogP contribution in [0, 0.1) is 0 Å². The van der Waals surface area contributed by atoms with Gasteiger partial charge in [0.25, 0.3) is 0 Å². The Balaban J connectivity index is 2.27. The highest BCUT2D eigenvalue weighted by Gasteiger charge is 2.24. The lowest BCUT2D eigenvalue weighted by Crippen LogP contribution is -2.45. The monoisotopic (exact) mass is 247 g/mol. The third-order valence-corrected chi connectivity index (χ3v) is 3.87. The highest BCUT2D eigenvalue weighted by molar-refractivity contribution is 7.84. The fourth-order valence-corrected chi connectivity index (χ4v) is 3.06. The molecule has 0 radical (unpaired) electrons. The van der Waals surface area contributed by atoms with Gasteiger partial charge in [-0.1, -0.05) is 0 Å². The molecule has 0 aliphatic carbocycles. The first-order valence-corrected chi connectivity index (χ1v) is 7.91. The van der Waals surface area contributed by atoms with Crippen LogP contribution in [0.2, 0.25) is 0 Å². The standard InChI is InChI=1S/C12H25NO2S/c1-9(5-6-16(4)14)13-12-7-10(2)15-11(3)8-12/h9-13H,5-8H2,1-4H3. The molecule has 3 nitrogen and oxygen atoms in total. The molecular weight excluding hydrogens is 222 g/mol. The number of hydrogen-bond donors (Lipinski definition) is 1. The van der Waals surface area contributed by atoms with E-state index in [-0.39, 0.29) is 0 Å². The van der Waals surface area contributed by atoms with Gasteiger partial charge >= 0.3 is 0 Å². The minimum Gasteiger partial charge on any atom is -0.375 e. The number of ether oxygens (including phenoxy) is 1. The summed E-state index contributed by atoms with van der Waals surface area (Å²) in [5, 5.41) is 3.62. The van der Waals surface area contributed by atoms with E-state index in [1.807, 2.05) is 0 Å². The maximum absolute atomic E-state index is 11.0.